The predicted octanol–water partition coefficient (Wildman–Crippen LogP) is 2.95. The highest BCUT2D eigenvalue weighted by Gasteiger charge is 2.08. The van der Waals surface area contributed by atoms with E-state index in [2.05, 4.69) is 42.7 Å². The summed E-state index contributed by atoms with van der Waals surface area (Å²) in [4.78, 5) is 0. The third-order valence-corrected chi connectivity index (χ3v) is 3.45. The van der Waals surface area contributed by atoms with Gasteiger partial charge in [0.25, 0.3) is 0 Å². The van der Waals surface area contributed by atoms with Crippen LogP contribution in [0.15, 0.2) is 24.3 Å². The summed E-state index contributed by atoms with van der Waals surface area (Å²) in [7, 11) is 0. The number of hydrogen-bond donors (Lipinski definition) is 1. The minimum Gasteiger partial charge on any atom is -0.399 e. The van der Waals surface area contributed by atoms with E-state index < -0.39 is 0 Å². The molecule has 1 aromatic carbocycles. The van der Waals surface area contributed by atoms with Gasteiger partial charge in [0.15, 0.2) is 0 Å². The smallest absolute Gasteiger partial charge is 0.0665 e. The number of hydrogen-bond acceptors (Lipinski definition) is 2. The zero-order valence-electron chi connectivity index (χ0n) is 11.4. The molecule has 18 heavy (non-hydrogen) atoms. The Morgan fingerprint density at radius 3 is 2.67 bits per heavy atom. The van der Waals surface area contributed by atoms with Crippen molar-refractivity contribution in [3.8, 4) is 0 Å². The molecule has 0 unspecified atom stereocenters. The van der Waals surface area contributed by atoms with E-state index in [0.29, 0.717) is 0 Å². The van der Waals surface area contributed by atoms with Gasteiger partial charge in [0, 0.05) is 11.4 Å². The van der Waals surface area contributed by atoms with Crippen LogP contribution in [0.2, 0.25) is 0 Å². The van der Waals surface area contributed by atoms with Gasteiger partial charge in [-0.25, -0.2) is 0 Å². The first kappa shape index (κ1) is 12.7. The molecule has 2 N–H and O–H groups in total. The van der Waals surface area contributed by atoms with Crippen molar-refractivity contribution in [3.63, 3.8) is 0 Å². The molecule has 0 atom stereocenters. The molecule has 2 rings (SSSR count). The highest BCUT2D eigenvalue weighted by molar-refractivity contribution is 5.50. The molecule has 0 radical (unpaired) electrons. The molecule has 0 saturated carbocycles. The molecule has 1 aromatic heterocycles. The van der Waals surface area contributed by atoms with Crippen LogP contribution in [0.1, 0.15) is 36.4 Å². The molecule has 3 heteroatoms. The van der Waals surface area contributed by atoms with Crippen molar-refractivity contribution in [2.75, 3.05) is 5.73 Å². The lowest BCUT2D eigenvalue weighted by molar-refractivity contribution is 0.638. The maximum Gasteiger partial charge on any atom is 0.0665 e. The molecule has 2 aromatic rings. The molecule has 96 valence electrons. The van der Waals surface area contributed by atoms with Gasteiger partial charge in [0.2, 0.25) is 0 Å². The Morgan fingerprint density at radius 1 is 1.22 bits per heavy atom. The molecule has 0 spiro atoms. The van der Waals surface area contributed by atoms with Gasteiger partial charge in [0.1, 0.15) is 0 Å². The number of rotatable bonds is 4. The lowest BCUT2D eigenvalue weighted by atomic mass is 10.1. The number of anilines is 1. The zero-order valence-corrected chi connectivity index (χ0v) is 11.4. The molecule has 1 heterocycles. The first-order chi connectivity index (χ1) is 8.65. The van der Waals surface area contributed by atoms with Crippen LogP contribution in [0.25, 0.3) is 0 Å². The van der Waals surface area contributed by atoms with Gasteiger partial charge in [-0.05, 0) is 43.0 Å². The van der Waals surface area contributed by atoms with Gasteiger partial charge < -0.3 is 5.73 Å². The molecule has 0 saturated heterocycles. The highest BCUT2D eigenvalue weighted by Crippen LogP contribution is 2.18. The second kappa shape index (κ2) is 5.25. The normalized spacial score (nSPS) is 10.8. The number of nitrogen functional groups attached to an aromatic ring is 1. The summed E-state index contributed by atoms with van der Waals surface area (Å²) in [5, 5.41) is 4.64. The largest absolute Gasteiger partial charge is 0.399 e. The number of benzene rings is 1. The Labute approximate surface area is 109 Å². The summed E-state index contributed by atoms with van der Waals surface area (Å²) in [6.07, 6.45) is 1.99. The highest BCUT2D eigenvalue weighted by atomic mass is 15.3. The molecule has 0 fully saturated rings. The summed E-state index contributed by atoms with van der Waals surface area (Å²) in [6, 6.07) is 8.27. The summed E-state index contributed by atoms with van der Waals surface area (Å²) in [5.41, 5.74) is 11.7. The molecule has 0 bridgehead atoms. The second-order valence-electron chi connectivity index (χ2n) is 4.62. The van der Waals surface area contributed by atoms with E-state index in [9.17, 15) is 0 Å². The summed E-state index contributed by atoms with van der Waals surface area (Å²) < 4.78 is 2.10. The van der Waals surface area contributed by atoms with Crippen LogP contribution in [-0.2, 0) is 19.4 Å². The van der Waals surface area contributed by atoms with Crippen LogP contribution in [-0.4, -0.2) is 9.78 Å². The third-order valence-electron chi connectivity index (χ3n) is 3.45. The Bertz CT molecular complexity index is 541. The first-order valence-corrected chi connectivity index (χ1v) is 6.55. The van der Waals surface area contributed by atoms with Crippen molar-refractivity contribution in [2.45, 2.75) is 40.2 Å². The van der Waals surface area contributed by atoms with E-state index in [0.717, 1.165) is 36.3 Å². The van der Waals surface area contributed by atoms with E-state index in [1.807, 2.05) is 12.1 Å². The van der Waals surface area contributed by atoms with Gasteiger partial charge >= 0.3 is 0 Å². The molecule has 3 nitrogen and oxygen atoms in total. The Balaban J connectivity index is 2.33. The Morgan fingerprint density at radius 2 is 2.00 bits per heavy atom. The van der Waals surface area contributed by atoms with Crippen molar-refractivity contribution in [2.24, 2.45) is 0 Å². The Hall–Kier alpha value is -1.77. The second-order valence-corrected chi connectivity index (χ2v) is 4.62. The lowest BCUT2D eigenvalue weighted by Crippen LogP contribution is -2.08. The van der Waals surface area contributed by atoms with E-state index in [-0.39, 0.29) is 0 Å². The zero-order chi connectivity index (χ0) is 13.1. The molecule has 0 aliphatic carbocycles. The maximum absolute atomic E-state index is 5.95. The van der Waals surface area contributed by atoms with Gasteiger partial charge in [-0.15, -0.1) is 0 Å². The van der Waals surface area contributed by atoms with E-state index in [4.69, 9.17) is 5.73 Å². The third kappa shape index (κ3) is 2.40. The monoisotopic (exact) mass is 243 g/mol. The van der Waals surface area contributed by atoms with Crippen LogP contribution in [0.3, 0.4) is 0 Å². The molecule has 0 amide bonds. The van der Waals surface area contributed by atoms with Gasteiger partial charge in [-0.2, -0.15) is 5.10 Å². The minimum absolute atomic E-state index is 0.806. The average Bonchev–Trinajstić information content (AvgIpc) is 2.77. The number of aromatic nitrogens is 2. The quantitative estimate of drug-likeness (QED) is 0.839. The van der Waals surface area contributed by atoms with E-state index >= 15 is 0 Å². The van der Waals surface area contributed by atoms with Gasteiger partial charge in [-0.3, -0.25) is 4.68 Å². The number of aryl methyl sites for hydroxylation is 2. The molecular weight excluding hydrogens is 222 g/mol. The minimum atomic E-state index is 0.806. The first-order valence-electron chi connectivity index (χ1n) is 6.55. The van der Waals surface area contributed by atoms with Crippen molar-refractivity contribution in [3.05, 3.63) is 46.8 Å². The molecule has 0 aliphatic heterocycles. The van der Waals surface area contributed by atoms with Crippen LogP contribution in [0, 0.1) is 6.92 Å². The van der Waals surface area contributed by atoms with Crippen LogP contribution in [0.4, 0.5) is 5.69 Å². The molecule has 0 aliphatic rings. The predicted molar refractivity (Wildman–Crippen MR) is 75.7 cm³/mol. The number of nitrogens with two attached hydrogens (primary N) is 1. The summed E-state index contributed by atoms with van der Waals surface area (Å²) in [5.74, 6) is 0. The fourth-order valence-electron chi connectivity index (χ4n) is 2.15. The van der Waals surface area contributed by atoms with Crippen molar-refractivity contribution < 1.29 is 0 Å². The topological polar surface area (TPSA) is 43.8 Å². The van der Waals surface area contributed by atoms with E-state index in [1.54, 1.807) is 0 Å². The van der Waals surface area contributed by atoms with Crippen molar-refractivity contribution >= 4 is 5.69 Å². The van der Waals surface area contributed by atoms with Crippen LogP contribution >= 0.6 is 0 Å². The summed E-state index contributed by atoms with van der Waals surface area (Å²) >= 11 is 0. The lowest BCUT2D eigenvalue weighted by Gasteiger charge is -2.10. The average molecular weight is 243 g/mol. The fraction of sp³-hybridized carbons (Fsp3) is 0.400. The van der Waals surface area contributed by atoms with Crippen molar-refractivity contribution in [1.29, 1.82) is 0 Å². The Kier molecular flexibility index (Phi) is 3.70. The van der Waals surface area contributed by atoms with E-state index in [1.165, 1.54) is 11.3 Å². The standard InChI is InChI=1S/C15H21N3/c1-4-13-9-14(5-2)18(17-13)10-12-7-6-8-15(16)11(12)3/h6-9H,4-5,10,16H2,1-3H3. The van der Waals surface area contributed by atoms with Crippen LogP contribution < -0.4 is 5.73 Å². The molecular formula is C15H21N3. The van der Waals surface area contributed by atoms with Crippen molar-refractivity contribution in [1.82, 2.24) is 9.78 Å². The number of nitrogens with zero attached hydrogens (tertiary/aromatic N) is 2. The maximum atomic E-state index is 5.95. The fourth-order valence-corrected chi connectivity index (χ4v) is 2.15. The van der Waals surface area contributed by atoms with Gasteiger partial charge in [0.05, 0.1) is 12.2 Å². The van der Waals surface area contributed by atoms with Crippen LogP contribution in [0.5, 0.6) is 0 Å². The summed E-state index contributed by atoms with van der Waals surface area (Å²) in [6.45, 7) is 7.18. The SMILES string of the molecule is CCc1cc(CC)n(Cc2cccc(N)c2C)n1. The van der Waals surface area contributed by atoms with Gasteiger partial charge in [-0.1, -0.05) is 26.0 Å².